The summed E-state index contributed by atoms with van der Waals surface area (Å²) < 4.78 is 5.78. The van der Waals surface area contributed by atoms with Crippen molar-refractivity contribution in [3.05, 3.63) is 69.8 Å². The van der Waals surface area contributed by atoms with Crippen LogP contribution in [0.5, 0.6) is 5.75 Å². The topological polar surface area (TPSA) is 84.4 Å². The number of rotatable bonds is 7. The van der Waals surface area contributed by atoms with Crippen LogP contribution in [-0.2, 0) is 22.6 Å². The fraction of sp³-hybridized carbons (Fsp3) is 0.360. The van der Waals surface area contributed by atoms with Gasteiger partial charge in [0.1, 0.15) is 23.2 Å². The van der Waals surface area contributed by atoms with Crippen molar-refractivity contribution in [1.29, 1.82) is 0 Å². The zero-order valence-corrected chi connectivity index (χ0v) is 19.7. The van der Waals surface area contributed by atoms with Crippen LogP contribution in [-0.4, -0.2) is 39.8 Å². The highest BCUT2D eigenvalue weighted by molar-refractivity contribution is 7.09. The Labute approximate surface area is 197 Å². The van der Waals surface area contributed by atoms with E-state index < -0.39 is 0 Å². The Morgan fingerprint density at radius 2 is 1.97 bits per heavy atom. The maximum absolute atomic E-state index is 12.9. The molecular weight excluding hydrogens is 436 g/mol. The van der Waals surface area contributed by atoms with E-state index in [-0.39, 0.29) is 24.2 Å². The first-order chi connectivity index (χ1) is 16.0. The number of piperidine rings is 1. The lowest BCUT2D eigenvalue weighted by molar-refractivity contribution is -0.134. The molecule has 0 radical (unpaired) electrons. The summed E-state index contributed by atoms with van der Waals surface area (Å²) in [7, 11) is 0. The number of aryl methyl sites for hydroxylation is 2. The van der Waals surface area contributed by atoms with Crippen LogP contribution in [0.3, 0.4) is 0 Å². The predicted molar refractivity (Wildman–Crippen MR) is 128 cm³/mol. The molecule has 1 aromatic carbocycles. The lowest BCUT2D eigenvalue weighted by Gasteiger charge is -2.32. The number of nitrogens with zero attached hydrogens (tertiary/aromatic N) is 3. The Morgan fingerprint density at radius 1 is 1.15 bits per heavy atom. The van der Waals surface area contributed by atoms with E-state index in [1.807, 2.05) is 55.6 Å². The molecule has 1 N–H and O–H groups in total. The average Bonchev–Trinajstić information content (AvgIpc) is 3.26. The van der Waals surface area contributed by atoms with Crippen LogP contribution in [0.1, 0.15) is 34.8 Å². The van der Waals surface area contributed by atoms with E-state index in [9.17, 15) is 9.59 Å². The van der Waals surface area contributed by atoms with Crippen molar-refractivity contribution in [2.24, 2.45) is 5.92 Å². The van der Waals surface area contributed by atoms with Gasteiger partial charge in [0.2, 0.25) is 11.8 Å². The molecule has 0 spiro atoms. The number of pyridine rings is 1. The standard InChI is InChI=1S/C25H28N4O3S/c1-17-8-10-21(11-9-17)32-15-23-27-20(16-33-23)13-24(30)29-12-4-6-19(14-29)25(31)28-22-7-3-5-18(2)26-22/h3,5,7-11,16,19H,4,6,12-15H2,1-2H3,(H,26,28,31). The number of anilines is 1. The van der Waals surface area contributed by atoms with Crippen LogP contribution in [0.4, 0.5) is 5.82 Å². The number of hydrogen-bond donors (Lipinski definition) is 1. The fourth-order valence-electron chi connectivity index (χ4n) is 3.80. The van der Waals surface area contributed by atoms with Crippen LogP contribution >= 0.6 is 11.3 Å². The van der Waals surface area contributed by atoms with Crippen molar-refractivity contribution < 1.29 is 14.3 Å². The fourth-order valence-corrected chi connectivity index (χ4v) is 4.51. The van der Waals surface area contributed by atoms with E-state index in [1.54, 1.807) is 11.0 Å². The summed E-state index contributed by atoms with van der Waals surface area (Å²) in [6.07, 6.45) is 1.80. The van der Waals surface area contributed by atoms with Crippen LogP contribution in [0, 0.1) is 19.8 Å². The van der Waals surface area contributed by atoms with Gasteiger partial charge in [-0.25, -0.2) is 9.97 Å². The Kier molecular flexibility index (Phi) is 7.34. The molecule has 1 saturated heterocycles. The summed E-state index contributed by atoms with van der Waals surface area (Å²) in [4.78, 5) is 36.2. The molecule has 3 aromatic rings. The number of thiazole rings is 1. The lowest BCUT2D eigenvalue weighted by Crippen LogP contribution is -2.44. The number of likely N-dealkylation sites (tertiary alicyclic amines) is 1. The zero-order valence-electron chi connectivity index (χ0n) is 18.9. The SMILES string of the molecule is Cc1ccc(OCc2nc(CC(=O)N3CCCC(C(=O)Nc4cccc(C)n4)C3)cs2)cc1. The van der Waals surface area contributed by atoms with Gasteiger partial charge in [0.05, 0.1) is 18.0 Å². The van der Waals surface area contributed by atoms with E-state index in [4.69, 9.17) is 4.74 Å². The maximum atomic E-state index is 12.9. The van der Waals surface area contributed by atoms with Gasteiger partial charge in [-0.05, 0) is 51.0 Å². The second-order valence-corrected chi connectivity index (χ2v) is 9.29. The second kappa shape index (κ2) is 10.6. The highest BCUT2D eigenvalue weighted by Crippen LogP contribution is 2.21. The number of amides is 2. The molecule has 0 saturated carbocycles. The van der Waals surface area contributed by atoms with Gasteiger partial charge < -0.3 is 15.0 Å². The van der Waals surface area contributed by atoms with Crippen molar-refractivity contribution in [3.63, 3.8) is 0 Å². The van der Waals surface area contributed by atoms with Gasteiger partial charge in [-0.15, -0.1) is 11.3 Å². The average molecular weight is 465 g/mol. The molecule has 1 fully saturated rings. The molecule has 172 valence electrons. The van der Waals surface area contributed by atoms with Crippen molar-refractivity contribution in [3.8, 4) is 5.75 Å². The minimum absolute atomic E-state index is 0.00233. The van der Waals surface area contributed by atoms with Crippen LogP contribution in [0.15, 0.2) is 47.8 Å². The third-order valence-corrected chi connectivity index (χ3v) is 6.47. The first kappa shape index (κ1) is 22.9. The quantitative estimate of drug-likeness (QED) is 0.568. The van der Waals surface area contributed by atoms with E-state index in [0.29, 0.717) is 25.5 Å². The van der Waals surface area contributed by atoms with Crippen molar-refractivity contribution in [1.82, 2.24) is 14.9 Å². The highest BCUT2D eigenvalue weighted by atomic mass is 32.1. The van der Waals surface area contributed by atoms with E-state index >= 15 is 0 Å². The minimum atomic E-state index is -0.237. The zero-order chi connectivity index (χ0) is 23.2. The highest BCUT2D eigenvalue weighted by Gasteiger charge is 2.29. The van der Waals surface area contributed by atoms with Crippen LogP contribution in [0.25, 0.3) is 0 Å². The van der Waals surface area contributed by atoms with E-state index in [0.717, 1.165) is 35.0 Å². The maximum Gasteiger partial charge on any atom is 0.230 e. The molecule has 0 aliphatic carbocycles. The number of carbonyl (C=O) groups excluding carboxylic acids is 2. The molecule has 1 aliphatic heterocycles. The lowest BCUT2D eigenvalue weighted by atomic mass is 9.96. The smallest absolute Gasteiger partial charge is 0.230 e. The van der Waals surface area contributed by atoms with Crippen molar-refractivity contribution in [2.75, 3.05) is 18.4 Å². The van der Waals surface area contributed by atoms with Crippen molar-refractivity contribution >= 4 is 29.0 Å². The summed E-state index contributed by atoms with van der Waals surface area (Å²) in [6.45, 7) is 5.38. The number of hydrogen-bond acceptors (Lipinski definition) is 6. The Bertz CT molecular complexity index is 1110. The van der Waals surface area contributed by atoms with Crippen molar-refractivity contribution in [2.45, 2.75) is 39.7 Å². The molecule has 0 bridgehead atoms. The number of aromatic nitrogens is 2. The third kappa shape index (κ3) is 6.38. The molecule has 8 heteroatoms. The van der Waals surface area contributed by atoms with Gasteiger partial charge in [0.15, 0.2) is 0 Å². The monoisotopic (exact) mass is 464 g/mol. The predicted octanol–water partition coefficient (Wildman–Crippen LogP) is 4.15. The van der Waals surface area contributed by atoms with Gasteiger partial charge in [-0.2, -0.15) is 0 Å². The first-order valence-corrected chi connectivity index (χ1v) is 12.0. The Hall–Kier alpha value is -3.26. The molecule has 3 heterocycles. The molecule has 2 amide bonds. The second-order valence-electron chi connectivity index (χ2n) is 8.34. The summed E-state index contributed by atoms with van der Waals surface area (Å²) in [5.74, 6) is 1.02. The number of carbonyl (C=O) groups is 2. The van der Waals surface area contributed by atoms with E-state index in [1.165, 1.54) is 16.9 Å². The molecular formula is C25H28N4O3S. The largest absolute Gasteiger partial charge is 0.486 e. The summed E-state index contributed by atoms with van der Waals surface area (Å²) in [5.41, 5.74) is 2.77. The van der Waals surface area contributed by atoms with Gasteiger partial charge in [-0.3, -0.25) is 9.59 Å². The van der Waals surface area contributed by atoms with Crippen LogP contribution in [0.2, 0.25) is 0 Å². The summed E-state index contributed by atoms with van der Waals surface area (Å²) in [5, 5.41) is 5.62. The van der Waals surface area contributed by atoms with Gasteiger partial charge in [0, 0.05) is 24.2 Å². The molecule has 1 aliphatic rings. The number of benzene rings is 1. The van der Waals surface area contributed by atoms with Gasteiger partial charge in [0.25, 0.3) is 0 Å². The van der Waals surface area contributed by atoms with Crippen LogP contribution < -0.4 is 10.1 Å². The molecule has 2 aromatic heterocycles. The third-order valence-electron chi connectivity index (χ3n) is 5.60. The molecule has 7 nitrogen and oxygen atoms in total. The number of ether oxygens (including phenoxy) is 1. The first-order valence-electron chi connectivity index (χ1n) is 11.1. The minimum Gasteiger partial charge on any atom is -0.486 e. The van der Waals surface area contributed by atoms with Gasteiger partial charge in [-0.1, -0.05) is 23.8 Å². The Morgan fingerprint density at radius 3 is 2.76 bits per heavy atom. The molecule has 1 atom stereocenters. The van der Waals surface area contributed by atoms with Gasteiger partial charge >= 0.3 is 0 Å². The molecule has 4 rings (SSSR count). The Balaban J connectivity index is 1.28. The normalized spacial score (nSPS) is 15.8. The molecule has 1 unspecified atom stereocenters. The number of nitrogens with one attached hydrogen (secondary N) is 1. The molecule has 33 heavy (non-hydrogen) atoms. The summed E-state index contributed by atoms with van der Waals surface area (Å²) in [6, 6.07) is 13.4. The summed E-state index contributed by atoms with van der Waals surface area (Å²) >= 11 is 1.49. The van der Waals surface area contributed by atoms with E-state index in [2.05, 4.69) is 15.3 Å².